The van der Waals surface area contributed by atoms with Crippen LogP contribution in [-0.2, 0) is 23.2 Å². The van der Waals surface area contributed by atoms with E-state index < -0.39 is 0 Å². The van der Waals surface area contributed by atoms with Gasteiger partial charge in [0.15, 0.2) is 5.78 Å². The van der Waals surface area contributed by atoms with E-state index in [0.717, 1.165) is 50.8 Å². The van der Waals surface area contributed by atoms with Crippen molar-refractivity contribution in [3.63, 3.8) is 0 Å². The van der Waals surface area contributed by atoms with E-state index in [1.807, 2.05) is 10.9 Å². The van der Waals surface area contributed by atoms with Gasteiger partial charge in [-0.2, -0.15) is 0 Å². The van der Waals surface area contributed by atoms with Gasteiger partial charge >= 0.3 is 0 Å². The van der Waals surface area contributed by atoms with E-state index in [0.29, 0.717) is 29.5 Å². The zero-order chi connectivity index (χ0) is 27.6. The van der Waals surface area contributed by atoms with Crippen molar-refractivity contribution in [2.24, 2.45) is 51.2 Å². The standard InChI is InChI=1S/C32H45N5O2/c1-19-8-11-32(17-37-18-33-35-36-37)13-12-31(7)26(25(32)20(19)2)22(38)14-24-29(5)15-21-16-34-39-27(21)28(3,4)23(29)9-10-30(24,31)6/h14,16,18-20,23,25-26H,8-13,15,17H2,1-7H3/t19-,20+,23+,25+,26-,29+,30-,31-,32-/m1/s1. The molecule has 39 heavy (non-hydrogen) atoms. The molecule has 5 aliphatic rings. The Morgan fingerprint density at radius 2 is 1.85 bits per heavy atom. The van der Waals surface area contributed by atoms with Gasteiger partial charge in [0.05, 0.1) is 12.7 Å². The Balaban J connectivity index is 1.37. The summed E-state index contributed by atoms with van der Waals surface area (Å²) in [6, 6.07) is 0. The number of ketones is 1. The lowest BCUT2D eigenvalue weighted by Gasteiger charge is -2.70. The Morgan fingerprint density at radius 1 is 1.05 bits per heavy atom. The van der Waals surface area contributed by atoms with Crippen molar-refractivity contribution in [3.8, 4) is 0 Å². The molecule has 0 amide bonds. The number of carbonyl (C=O) groups excluding carboxylic acids is 1. The third kappa shape index (κ3) is 3.08. The van der Waals surface area contributed by atoms with Crippen LogP contribution >= 0.6 is 0 Å². The Hall–Kier alpha value is -2.31. The van der Waals surface area contributed by atoms with Crippen LogP contribution in [0, 0.1) is 51.2 Å². The van der Waals surface area contributed by atoms with E-state index in [1.54, 1.807) is 6.33 Å². The molecule has 0 bridgehead atoms. The number of allylic oxidation sites excluding steroid dienone is 2. The van der Waals surface area contributed by atoms with Gasteiger partial charge in [-0.3, -0.25) is 4.79 Å². The zero-order valence-electron chi connectivity index (χ0n) is 24.8. The number of tetrazole rings is 1. The third-order valence-electron chi connectivity index (χ3n) is 13.7. The maximum atomic E-state index is 14.7. The first-order valence-corrected chi connectivity index (χ1v) is 15.3. The second kappa shape index (κ2) is 7.91. The highest BCUT2D eigenvalue weighted by Crippen LogP contribution is 2.74. The predicted molar refractivity (Wildman–Crippen MR) is 147 cm³/mol. The molecule has 7 nitrogen and oxygen atoms in total. The van der Waals surface area contributed by atoms with Crippen LogP contribution in [0.3, 0.4) is 0 Å². The summed E-state index contributed by atoms with van der Waals surface area (Å²) in [5.74, 6) is 3.34. The van der Waals surface area contributed by atoms with Gasteiger partial charge in [-0.25, -0.2) is 4.68 Å². The minimum Gasteiger partial charge on any atom is -0.361 e. The van der Waals surface area contributed by atoms with Crippen LogP contribution in [0.2, 0.25) is 0 Å². The van der Waals surface area contributed by atoms with Crippen LogP contribution in [0.1, 0.15) is 98.3 Å². The molecule has 0 saturated heterocycles. The fourth-order valence-electron chi connectivity index (χ4n) is 11.5. The van der Waals surface area contributed by atoms with E-state index in [4.69, 9.17) is 4.52 Å². The molecular weight excluding hydrogens is 486 g/mol. The van der Waals surface area contributed by atoms with Crippen LogP contribution in [0.5, 0.6) is 0 Å². The molecule has 3 fully saturated rings. The molecule has 7 heteroatoms. The highest BCUT2D eigenvalue weighted by Gasteiger charge is 2.70. The minimum absolute atomic E-state index is 0.0110. The Labute approximate surface area is 232 Å². The maximum absolute atomic E-state index is 14.7. The van der Waals surface area contributed by atoms with Gasteiger partial charge in [0.25, 0.3) is 0 Å². The van der Waals surface area contributed by atoms with Crippen LogP contribution < -0.4 is 0 Å². The quantitative estimate of drug-likeness (QED) is 0.458. The first-order chi connectivity index (χ1) is 18.4. The number of aromatic nitrogens is 5. The van der Waals surface area contributed by atoms with Crippen molar-refractivity contribution in [1.82, 2.24) is 25.4 Å². The van der Waals surface area contributed by atoms with Gasteiger partial charge in [0.1, 0.15) is 12.1 Å². The van der Waals surface area contributed by atoms with Crippen LogP contribution in [0.4, 0.5) is 0 Å². The number of fused-ring (bicyclic) bond motifs is 8. The monoisotopic (exact) mass is 531 g/mol. The first-order valence-electron chi connectivity index (χ1n) is 15.3. The Morgan fingerprint density at radius 3 is 2.59 bits per heavy atom. The van der Waals surface area contributed by atoms with Crippen LogP contribution in [0.25, 0.3) is 0 Å². The van der Waals surface area contributed by atoms with Crippen LogP contribution in [0.15, 0.2) is 28.7 Å². The van der Waals surface area contributed by atoms with Crippen molar-refractivity contribution >= 4 is 5.78 Å². The molecule has 7 rings (SSSR count). The second-order valence-electron chi connectivity index (χ2n) is 15.5. The van der Waals surface area contributed by atoms with Crippen molar-refractivity contribution in [2.75, 3.05) is 0 Å². The SMILES string of the molecule is C[C@@H]1[C@H]2[C@H]3C(=O)C=C4[C@@]5(C)Cc6cnoc6C(C)(C)[C@@H]5CC[C@@]4(C)[C@]3(C)CC[C@@]2(Cn2cnnn2)CC[C@H]1C. The molecule has 9 atom stereocenters. The molecule has 0 aliphatic heterocycles. The summed E-state index contributed by atoms with van der Waals surface area (Å²) in [4.78, 5) is 14.7. The van der Waals surface area contributed by atoms with Gasteiger partial charge in [-0.15, -0.1) is 5.10 Å². The average Bonchev–Trinajstić information content (AvgIpc) is 3.56. The largest absolute Gasteiger partial charge is 0.361 e. The van der Waals surface area contributed by atoms with Crippen molar-refractivity contribution in [3.05, 3.63) is 35.5 Å². The van der Waals surface area contributed by atoms with E-state index in [-0.39, 0.29) is 33.0 Å². The molecule has 5 aliphatic carbocycles. The topological polar surface area (TPSA) is 86.7 Å². The van der Waals surface area contributed by atoms with Gasteiger partial charge in [0, 0.05) is 16.9 Å². The summed E-state index contributed by atoms with van der Waals surface area (Å²) in [6.07, 6.45) is 13.6. The number of rotatable bonds is 2. The lowest BCUT2D eigenvalue weighted by Crippen LogP contribution is -2.66. The smallest absolute Gasteiger partial charge is 0.159 e. The highest BCUT2D eigenvalue weighted by molar-refractivity contribution is 5.95. The fraction of sp³-hybridized carbons (Fsp3) is 0.781. The molecule has 0 spiro atoms. The Kier molecular flexibility index (Phi) is 5.20. The van der Waals surface area contributed by atoms with E-state index in [9.17, 15) is 4.79 Å². The highest BCUT2D eigenvalue weighted by atomic mass is 16.5. The van der Waals surface area contributed by atoms with E-state index >= 15 is 0 Å². The summed E-state index contributed by atoms with van der Waals surface area (Å²) >= 11 is 0. The Bertz CT molecular complexity index is 1340. The molecule has 2 aromatic rings. The lowest BCUT2D eigenvalue weighted by atomic mass is 9.33. The summed E-state index contributed by atoms with van der Waals surface area (Å²) < 4.78 is 7.77. The minimum atomic E-state index is -0.108. The number of carbonyl (C=O) groups is 1. The molecule has 210 valence electrons. The molecule has 3 saturated carbocycles. The van der Waals surface area contributed by atoms with Gasteiger partial charge < -0.3 is 4.52 Å². The lowest BCUT2D eigenvalue weighted by molar-refractivity contribution is -0.180. The molecule has 2 aromatic heterocycles. The average molecular weight is 532 g/mol. The molecule has 0 aromatic carbocycles. The second-order valence-corrected chi connectivity index (χ2v) is 15.5. The molecule has 0 N–H and O–H groups in total. The van der Waals surface area contributed by atoms with Crippen molar-refractivity contribution in [1.29, 1.82) is 0 Å². The molecule has 2 heterocycles. The molecule has 0 unspecified atom stereocenters. The van der Waals surface area contributed by atoms with Gasteiger partial charge in [-0.05, 0) is 107 Å². The first kappa shape index (κ1) is 25.6. The normalized spacial score (nSPS) is 46.3. The van der Waals surface area contributed by atoms with Gasteiger partial charge in [0.2, 0.25) is 0 Å². The number of nitrogens with zero attached hydrogens (tertiary/aromatic N) is 5. The number of hydrogen-bond acceptors (Lipinski definition) is 6. The van der Waals surface area contributed by atoms with E-state index in [1.165, 1.54) is 17.6 Å². The summed E-state index contributed by atoms with van der Waals surface area (Å²) in [5, 5.41) is 16.4. The third-order valence-corrected chi connectivity index (χ3v) is 13.7. The van der Waals surface area contributed by atoms with E-state index in [2.05, 4.69) is 75.2 Å². The zero-order valence-corrected chi connectivity index (χ0v) is 24.8. The van der Waals surface area contributed by atoms with Crippen LogP contribution in [-0.4, -0.2) is 31.1 Å². The molecular formula is C32H45N5O2. The molecule has 0 radical (unpaired) electrons. The number of hydrogen-bond donors (Lipinski definition) is 0. The summed E-state index contributed by atoms with van der Waals surface area (Å²) in [6.45, 7) is 17.8. The van der Waals surface area contributed by atoms with Gasteiger partial charge in [-0.1, -0.05) is 59.2 Å². The summed E-state index contributed by atoms with van der Waals surface area (Å²) in [7, 11) is 0. The van der Waals surface area contributed by atoms with Crippen molar-refractivity contribution in [2.45, 2.75) is 105 Å². The predicted octanol–water partition coefficient (Wildman–Crippen LogP) is 6.21. The fourth-order valence-corrected chi connectivity index (χ4v) is 11.5. The maximum Gasteiger partial charge on any atom is 0.159 e. The van der Waals surface area contributed by atoms with Crippen molar-refractivity contribution < 1.29 is 9.32 Å². The summed E-state index contributed by atoms with van der Waals surface area (Å²) in [5.41, 5.74) is 2.44.